The van der Waals surface area contributed by atoms with Gasteiger partial charge in [-0.2, -0.15) is 5.10 Å². The van der Waals surface area contributed by atoms with Crippen molar-refractivity contribution in [1.82, 2.24) is 10.6 Å². The summed E-state index contributed by atoms with van der Waals surface area (Å²) < 4.78 is 4.26. The van der Waals surface area contributed by atoms with Gasteiger partial charge in [-0.05, 0) is 22.6 Å². The minimum Gasteiger partial charge on any atom is -0.478 e. The van der Waals surface area contributed by atoms with Crippen LogP contribution in [0.25, 0.3) is 0 Å². The van der Waals surface area contributed by atoms with Gasteiger partial charge < -0.3 is 10.3 Å². The van der Waals surface area contributed by atoms with Crippen LogP contribution in [-0.4, -0.2) is 28.4 Å². The normalized spacial score (nSPS) is 10.7. The number of carbonyl (C=O) groups excluding carboxylic acids is 1. The molecule has 0 atom stereocenters. The van der Waals surface area contributed by atoms with Crippen molar-refractivity contribution >= 4 is 18.1 Å². The summed E-state index contributed by atoms with van der Waals surface area (Å²) in [4.78, 5) is 22.4. The van der Waals surface area contributed by atoms with Crippen LogP contribution in [0.5, 0.6) is 0 Å². The maximum Gasteiger partial charge on any atom is 0.335 e. The first-order chi connectivity index (χ1) is 9.99. The molecule has 2 rings (SSSR count). The van der Waals surface area contributed by atoms with Gasteiger partial charge in [0, 0.05) is 6.92 Å². The zero-order valence-electron chi connectivity index (χ0n) is 10.8. The van der Waals surface area contributed by atoms with E-state index in [1.807, 2.05) is 0 Å². The molecule has 0 saturated carbocycles. The Labute approximate surface area is 118 Å². The van der Waals surface area contributed by atoms with Gasteiger partial charge in [0.1, 0.15) is 0 Å². The van der Waals surface area contributed by atoms with Crippen molar-refractivity contribution in [1.29, 1.82) is 0 Å². The van der Waals surface area contributed by atoms with Crippen molar-refractivity contribution in [2.24, 2.45) is 5.10 Å². The molecule has 9 heteroatoms. The van der Waals surface area contributed by atoms with Crippen molar-refractivity contribution in [2.45, 2.75) is 6.92 Å². The highest BCUT2D eigenvalue weighted by molar-refractivity contribution is 5.93. The fourth-order valence-corrected chi connectivity index (χ4v) is 1.43. The zero-order valence-corrected chi connectivity index (χ0v) is 10.8. The van der Waals surface area contributed by atoms with Gasteiger partial charge in [-0.1, -0.05) is 12.1 Å². The van der Waals surface area contributed by atoms with Crippen molar-refractivity contribution < 1.29 is 24.2 Å². The molecule has 0 aliphatic heterocycles. The predicted molar refractivity (Wildman–Crippen MR) is 68.7 cm³/mol. The lowest BCUT2D eigenvalue weighted by Gasteiger charge is -1.96. The van der Waals surface area contributed by atoms with E-state index in [1.165, 1.54) is 37.4 Å². The summed E-state index contributed by atoms with van der Waals surface area (Å²) >= 11 is 0. The van der Waals surface area contributed by atoms with Crippen LogP contribution in [0.1, 0.15) is 32.1 Å². The number of nitrogens with zero attached hydrogens (tertiary/aromatic N) is 3. The van der Waals surface area contributed by atoms with E-state index in [2.05, 4.69) is 20.3 Å². The summed E-state index contributed by atoms with van der Waals surface area (Å²) in [5, 5.41) is 26.7. The predicted octanol–water partition coefficient (Wildman–Crippen LogP) is 0.0785. The maximum atomic E-state index is 11.6. The molecule has 2 aromatic rings. The van der Waals surface area contributed by atoms with E-state index in [9.17, 15) is 14.8 Å². The van der Waals surface area contributed by atoms with E-state index in [4.69, 9.17) is 5.11 Å². The molecule has 108 valence electrons. The van der Waals surface area contributed by atoms with Crippen LogP contribution in [0.4, 0.5) is 0 Å². The second kappa shape index (κ2) is 5.82. The summed E-state index contributed by atoms with van der Waals surface area (Å²) in [7, 11) is 0. The van der Waals surface area contributed by atoms with Crippen LogP contribution >= 0.6 is 0 Å². The second-order valence-corrected chi connectivity index (χ2v) is 3.99. The first kappa shape index (κ1) is 14.2. The molecule has 1 amide bonds. The van der Waals surface area contributed by atoms with Gasteiger partial charge in [0.05, 0.1) is 16.9 Å². The Kier molecular flexibility index (Phi) is 3.93. The Bertz CT molecular complexity index is 705. The number of hydrogen-bond donors (Lipinski definition) is 2. The molecular weight excluding hydrogens is 280 g/mol. The molecule has 1 aromatic carbocycles. The van der Waals surface area contributed by atoms with E-state index in [-0.39, 0.29) is 21.9 Å². The van der Waals surface area contributed by atoms with Gasteiger partial charge in [0.15, 0.2) is 0 Å². The number of hydrogen-bond acceptors (Lipinski definition) is 6. The summed E-state index contributed by atoms with van der Waals surface area (Å²) in [6.45, 7) is 1.38. The average Bonchev–Trinajstić information content (AvgIpc) is 2.79. The minimum atomic E-state index is -1.03. The molecule has 0 aliphatic rings. The standard InChI is InChI=1S/C12H10N4O5/c1-7-10(15-21-16(7)20)11(17)14-13-6-8-2-4-9(5-3-8)12(18)19/h2-6H,1H3,(H,14,17)(H,18,19)/b13-6+. The number of nitrogens with one attached hydrogen (secondary N) is 1. The SMILES string of the molecule is Cc1c(C(=O)N/N=C/c2ccc(C(=O)O)cc2)no[n+]1[O-]. The van der Waals surface area contributed by atoms with Crippen LogP contribution < -0.4 is 10.3 Å². The number of rotatable bonds is 4. The minimum absolute atomic E-state index is 0.0218. The number of amides is 1. The van der Waals surface area contributed by atoms with E-state index in [1.54, 1.807) is 0 Å². The van der Waals surface area contributed by atoms with Crippen molar-refractivity contribution in [3.05, 3.63) is 52.0 Å². The Morgan fingerprint density at radius 3 is 2.62 bits per heavy atom. The monoisotopic (exact) mass is 290 g/mol. The maximum absolute atomic E-state index is 11.6. The molecule has 1 aromatic heterocycles. The van der Waals surface area contributed by atoms with Gasteiger partial charge in [-0.25, -0.2) is 10.2 Å². The molecule has 0 spiro atoms. The second-order valence-electron chi connectivity index (χ2n) is 3.99. The highest BCUT2D eigenvalue weighted by Crippen LogP contribution is 2.02. The lowest BCUT2D eigenvalue weighted by molar-refractivity contribution is -0.806. The van der Waals surface area contributed by atoms with E-state index >= 15 is 0 Å². The zero-order chi connectivity index (χ0) is 15.4. The third-order valence-electron chi connectivity index (χ3n) is 2.58. The van der Waals surface area contributed by atoms with Crippen LogP contribution in [0, 0.1) is 12.1 Å². The number of aromatic nitrogens is 2. The fraction of sp³-hybridized carbons (Fsp3) is 0.0833. The molecule has 0 unspecified atom stereocenters. The molecular formula is C12H10N4O5. The van der Waals surface area contributed by atoms with Crippen LogP contribution in [0.3, 0.4) is 0 Å². The summed E-state index contributed by atoms with van der Waals surface area (Å²) in [5.74, 6) is -1.72. The number of carboxylic acids is 1. The largest absolute Gasteiger partial charge is 0.478 e. The van der Waals surface area contributed by atoms with Gasteiger partial charge in [0.2, 0.25) is 5.69 Å². The highest BCUT2D eigenvalue weighted by Gasteiger charge is 2.22. The van der Waals surface area contributed by atoms with Gasteiger partial charge in [0.25, 0.3) is 0 Å². The third kappa shape index (κ3) is 3.21. The van der Waals surface area contributed by atoms with E-state index in [0.29, 0.717) is 5.56 Å². The van der Waals surface area contributed by atoms with Crippen LogP contribution in [-0.2, 0) is 0 Å². The Morgan fingerprint density at radius 2 is 2.10 bits per heavy atom. The third-order valence-corrected chi connectivity index (χ3v) is 2.58. The molecule has 0 aliphatic carbocycles. The Hall–Kier alpha value is -3.23. The van der Waals surface area contributed by atoms with Gasteiger partial charge >= 0.3 is 17.6 Å². The van der Waals surface area contributed by atoms with E-state index in [0.717, 1.165) is 0 Å². The molecule has 1 heterocycles. The van der Waals surface area contributed by atoms with Gasteiger partial charge in [-0.15, -0.1) is 0 Å². The topological polar surface area (TPSA) is 132 Å². The van der Waals surface area contributed by atoms with Crippen LogP contribution in [0.2, 0.25) is 0 Å². The summed E-state index contributed by atoms with van der Waals surface area (Å²) in [6.07, 6.45) is 1.32. The van der Waals surface area contributed by atoms with E-state index < -0.39 is 11.9 Å². The Morgan fingerprint density at radius 1 is 1.43 bits per heavy atom. The van der Waals surface area contributed by atoms with Crippen molar-refractivity contribution in [3.8, 4) is 0 Å². The average molecular weight is 290 g/mol. The molecule has 9 nitrogen and oxygen atoms in total. The van der Waals surface area contributed by atoms with Crippen molar-refractivity contribution in [2.75, 3.05) is 0 Å². The molecule has 0 radical (unpaired) electrons. The quantitative estimate of drug-likeness (QED) is 0.465. The number of benzene rings is 1. The molecule has 0 saturated heterocycles. The lowest BCUT2D eigenvalue weighted by Crippen LogP contribution is -2.28. The number of aromatic carboxylic acids is 1. The first-order valence-electron chi connectivity index (χ1n) is 5.72. The molecule has 0 fully saturated rings. The number of hydrazone groups is 1. The highest BCUT2D eigenvalue weighted by atomic mass is 16.8. The van der Waals surface area contributed by atoms with Crippen molar-refractivity contribution in [3.63, 3.8) is 0 Å². The summed E-state index contributed by atoms with van der Waals surface area (Å²) in [5.41, 5.74) is 2.78. The van der Waals surface area contributed by atoms with Gasteiger partial charge in [-0.3, -0.25) is 9.42 Å². The Balaban J connectivity index is 2.00. The fourth-order valence-electron chi connectivity index (χ4n) is 1.43. The molecule has 2 N–H and O–H groups in total. The molecule has 21 heavy (non-hydrogen) atoms. The number of carbonyl (C=O) groups is 2. The van der Waals surface area contributed by atoms with Crippen LogP contribution in [0.15, 0.2) is 34.0 Å². The molecule has 0 bridgehead atoms. The lowest BCUT2D eigenvalue weighted by atomic mass is 10.1. The summed E-state index contributed by atoms with van der Waals surface area (Å²) in [6, 6.07) is 5.89. The number of carboxylic acid groups (broad SMARTS) is 1. The smallest absolute Gasteiger partial charge is 0.335 e. The first-order valence-corrected chi connectivity index (χ1v) is 5.72.